The maximum absolute atomic E-state index is 8.32. The summed E-state index contributed by atoms with van der Waals surface area (Å²) in [7, 11) is 0. The van der Waals surface area contributed by atoms with Gasteiger partial charge in [-0.05, 0) is 19.1 Å². The third-order valence-electron chi connectivity index (χ3n) is 1.72. The van der Waals surface area contributed by atoms with Crippen LogP contribution in [-0.2, 0) is 11.3 Å². The second-order valence-electron chi connectivity index (χ2n) is 3.00. The summed E-state index contributed by atoms with van der Waals surface area (Å²) in [5.74, 6) is 0.924. The van der Waals surface area contributed by atoms with Gasteiger partial charge in [0.15, 0.2) is 0 Å². The molecule has 0 saturated heterocycles. The number of nitrogens with zero attached hydrogens (tertiary/aromatic N) is 1. The molecule has 0 aliphatic carbocycles. The van der Waals surface area contributed by atoms with E-state index in [1.54, 1.807) is 12.3 Å². The van der Waals surface area contributed by atoms with Crippen LogP contribution in [0.5, 0.6) is 0 Å². The number of ether oxygens (including phenoxy) is 1. The van der Waals surface area contributed by atoms with Crippen LogP contribution in [0.4, 0.5) is 0 Å². The summed E-state index contributed by atoms with van der Waals surface area (Å²) < 4.78 is 10.5. The highest BCUT2D eigenvalue weighted by Gasteiger charge is 2.06. The van der Waals surface area contributed by atoms with E-state index >= 15 is 0 Å². The maximum Gasteiger partial charge on any atom is 0.141 e. The van der Waals surface area contributed by atoms with Gasteiger partial charge in [0.05, 0.1) is 12.4 Å². The molecule has 1 atom stereocenters. The average molecular weight is 198 g/mol. The largest absolute Gasteiger partial charge is 0.467 e. The van der Waals surface area contributed by atoms with Crippen molar-refractivity contribution in [2.24, 2.45) is 10.9 Å². The van der Waals surface area contributed by atoms with Gasteiger partial charge < -0.3 is 20.1 Å². The number of nitrogens with two attached hydrogens (primary N) is 1. The lowest BCUT2D eigenvalue weighted by Crippen LogP contribution is -2.20. The molecule has 1 unspecified atom stereocenters. The molecule has 0 aromatic carbocycles. The zero-order valence-corrected chi connectivity index (χ0v) is 8.01. The van der Waals surface area contributed by atoms with Crippen molar-refractivity contribution in [3.8, 4) is 0 Å². The molecule has 1 heterocycles. The molecule has 1 aromatic rings. The number of furan rings is 1. The van der Waals surface area contributed by atoms with Crippen molar-refractivity contribution >= 4 is 5.84 Å². The fraction of sp³-hybridized carbons (Fsp3) is 0.444. The number of hydrogen-bond acceptors (Lipinski definition) is 4. The van der Waals surface area contributed by atoms with Crippen LogP contribution in [-0.4, -0.2) is 17.1 Å². The van der Waals surface area contributed by atoms with E-state index in [1.807, 2.05) is 13.0 Å². The Labute approximate surface area is 82.1 Å². The van der Waals surface area contributed by atoms with Crippen LogP contribution in [0, 0.1) is 0 Å². The molecule has 0 spiro atoms. The van der Waals surface area contributed by atoms with Crippen molar-refractivity contribution < 1.29 is 14.4 Å². The van der Waals surface area contributed by atoms with Crippen molar-refractivity contribution in [2.45, 2.75) is 26.1 Å². The minimum Gasteiger partial charge on any atom is -0.467 e. The van der Waals surface area contributed by atoms with Crippen LogP contribution in [0.2, 0.25) is 0 Å². The highest BCUT2D eigenvalue weighted by molar-refractivity contribution is 5.79. The summed E-state index contributed by atoms with van der Waals surface area (Å²) in [6.45, 7) is 2.24. The smallest absolute Gasteiger partial charge is 0.141 e. The maximum atomic E-state index is 8.32. The molecule has 0 radical (unpaired) electrons. The van der Waals surface area contributed by atoms with Crippen molar-refractivity contribution in [2.75, 3.05) is 0 Å². The quantitative estimate of drug-likeness (QED) is 0.323. The first kappa shape index (κ1) is 10.6. The molecule has 0 bridgehead atoms. The molecule has 1 aromatic heterocycles. The molecule has 1 rings (SSSR count). The molecule has 3 N–H and O–H groups in total. The Kier molecular flexibility index (Phi) is 4.00. The Bertz CT molecular complexity index is 282. The highest BCUT2D eigenvalue weighted by Crippen LogP contribution is 2.06. The second kappa shape index (κ2) is 5.29. The van der Waals surface area contributed by atoms with E-state index in [4.69, 9.17) is 20.1 Å². The van der Waals surface area contributed by atoms with Gasteiger partial charge >= 0.3 is 0 Å². The van der Waals surface area contributed by atoms with Gasteiger partial charge in [0.2, 0.25) is 0 Å². The predicted octanol–water partition coefficient (Wildman–Crippen LogP) is 1.32. The van der Waals surface area contributed by atoms with Crippen LogP contribution in [0.15, 0.2) is 28.0 Å². The number of hydrogen-bond donors (Lipinski definition) is 2. The van der Waals surface area contributed by atoms with Crippen molar-refractivity contribution in [3.63, 3.8) is 0 Å². The number of rotatable bonds is 5. The van der Waals surface area contributed by atoms with Crippen LogP contribution in [0.3, 0.4) is 0 Å². The summed E-state index contributed by atoms with van der Waals surface area (Å²) >= 11 is 0. The Morgan fingerprint density at radius 2 is 2.57 bits per heavy atom. The molecule has 0 fully saturated rings. The first-order valence-corrected chi connectivity index (χ1v) is 4.32. The zero-order chi connectivity index (χ0) is 10.4. The average Bonchev–Trinajstić information content (AvgIpc) is 2.67. The third-order valence-corrected chi connectivity index (χ3v) is 1.72. The minimum atomic E-state index is -0.101. The van der Waals surface area contributed by atoms with Crippen molar-refractivity contribution in [1.29, 1.82) is 0 Å². The van der Waals surface area contributed by atoms with E-state index in [9.17, 15) is 0 Å². The Hall–Kier alpha value is -1.49. The molecule has 0 saturated carbocycles. The van der Waals surface area contributed by atoms with Gasteiger partial charge in [0.25, 0.3) is 0 Å². The molecule has 14 heavy (non-hydrogen) atoms. The summed E-state index contributed by atoms with van der Waals surface area (Å²) in [6, 6.07) is 3.63. The summed E-state index contributed by atoms with van der Waals surface area (Å²) in [5.41, 5.74) is 5.32. The first-order chi connectivity index (χ1) is 6.72. The zero-order valence-electron chi connectivity index (χ0n) is 8.01. The number of oxime groups is 1. The molecule has 0 aliphatic heterocycles. The molecule has 0 amide bonds. The van der Waals surface area contributed by atoms with Crippen molar-refractivity contribution in [3.05, 3.63) is 24.2 Å². The van der Waals surface area contributed by atoms with E-state index in [-0.39, 0.29) is 11.9 Å². The van der Waals surface area contributed by atoms with Gasteiger partial charge in [0.1, 0.15) is 18.2 Å². The summed E-state index contributed by atoms with van der Waals surface area (Å²) in [4.78, 5) is 0. The molecule has 5 nitrogen and oxygen atoms in total. The van der Waals surface area contributed by atoms with Gasteiger partial charge in [-0.3, -0.25) is 0 Å². The molecule has 5 heteroatoms. The Balaban J connectivity index is 2.25. The summed E-state index contributed by atoms with van der Waals surface area (Å²) in [5, 5.41) is 11.2. The monoisotopic (exact) mass is 198 g/mol. The topological polar surface area (TPSA) is 81.0 Å². The first-order valence-electron chi connectivity index (χ1n) is 4.32. The van der Waals surface area contributed by atoms with Gasteiger partial charge in [-0.1, -0.05) is 5.16 Å². The Morgan fingerprint density at radius 3 is 3.14 bits per heavy atom. The van der Waals surface area contributed by atoms with Crippen molar-refractivity contribution in [1.82, 2.24) is 0 Å². The fourth-order valence-electron chi connectivity index (χ4n) is 1.01. The van der Waals surface area contributed by atoms with Crippen LogP contribution < -0.4 is 5.73 Å². The van der Waals surface area contributed by atoms with Gasteiger partial charge in [-0.25, -0.2) is 0 Å². The van der Waals surface area contributed by atoms with Gasteiger partial charge in [0, 0.05) is 6.42 Å². The van der Waals surface area contributed by atoms with E-state index in [1.165, 1.54) is 0 Å². The minimum absolute atomic E-state index is 0.101. The van der Waals surface area contributed by atoms with Gasteiger partial charge in [-0.15, -0.1) is 0 Å². The lowest BCUT2D eigenvalue weighted by atomic mass is 10.3. The molecule has 78 valence electrons. The van der Waals surface area contributed by atoms with Crippen LogP contribution in [0.25, 0.3) is 0 Å². The van der Waals surface area contributed by atoms with E-state index in [0.717, 1.165) is 5.76 Å². The third kappa shape index (κ3) is 3.49. The Morgan fingerprint density at radius 1 is 1.79 bits per heavy atom. The molecular weight excluding hydrogens is 184 g/mol. The second-order valence-corrected chi connectivity index (χ2v) is 3.00. The normalized spacial score (nSPS) is 14.2. The van der Waals surface area contributed by atoms with Crippen LogP contribution >= 0.6 is 0 Å². The van der Waals surface area contributed by atoms with E-state index in [2.05, 4.69) is 5.16 Å². The molecule has 0 aliphatic rings. The predicted molar refractivity (Wildman–Crippen MR) is 51.0 cm³/mol. The highest BCUT2D eigenvalue weighted by atomic mass is 16.5. The fourth-order valence-corrected chi connectivity index (χ4v) is 1.01. The standard InChI is InChI=1S/C9H14N2O3/c1-7(5-9(10)11-12)14-6-8-3-2-4-13-8/h2-4,7,12H,5-6H2,1H3,(H2,10,11). The SMILES string of the molecule is CC(CC(N)=NO)OCc1ccco1. The summed E-state index contributed by atoms with van der Waals surface area (Å²) in [6.07, 6.45) is 1.89. The van der Waals surface area contributed by atoms with Crippen LogP contribution in [0.1, 0.15) is 19.1 Å². The number of amidine groups is 1. The van der Waals surface area contributed by atoms with Gasteiger partial charge in [-0.2, -0.15) is 0 Å². The van der Waals surface area contributed by atoms with E-state index < -0.39 is 0 Å². The lowest BCUT2D eigenvalue weighted by Gasteiger charge is -2.10. The lowest BCUT2D eigenvalue weighted by molar-refractivity contribution is 0.0468. The van der Waals surface area contributed by atoms with E-state index in [0.29, 0.717) is 13.0 Å². The molecular formula is C9H14N2O3.